The van der Waals surface area contributed by atoms with Gasteiger partial charge < -0.3 is 10.5 Å². The Morgan fingerprint density at radius 3 is 3.06 bits per heavy atom. The monoisotopic (exact) mass is 219 g/mol. The molecule has 6 nitrogen and oxygen atoms in total. The van der Waals surface area contributed by atoms with Gasteiger partial charge in [0.25, 0.3) is 0 Å². The summed E-state index contributed by atoms with van der Waals surface area (Å²) >= 11 is 0. The predicted octanol–water partition coefficient (Wildman–Crippen LogP) is 1.46. The molecule has 16 heavy (non-hydrogen) atoms. The zero-order chi connectivity index (χ0) is 11.4. The van der Waals surface area contributed by atoms with Crippen LogP contribution in [0.3, 0.4) is 0 Å². The maximum atomic E-state index is 5.66. The topological polar surface area (TPSA) is 78.8 Å². The molecule has 0 amide bonds. The highest BCUT2D eigenvalue weighted by molar-refractivity contribution is 5.46. The number of hydrogen-bond acceptors (Lipinski definition) is 5. The van der Waals surface area contributed by atoms with E-state index in [2.05, 4.69) is 22.0 Å². The highest BCUT2D eigenvalue weighted by atomic mass is 16.5. The number of nitrogen functional groups attached to an aromatic ring is 1. The third-order valence-corrected chi connectivity index (χ3v) is 1.98. The summed E-state index contributed by atoms with van der Waals surface area (Å²) in [4.78, 5) is 7.72. The lowest BCUT2D eigenvalue weighted by molar-refractivity contribution is 0.462. The molecular formula is C10H13N5O. The number of aromatic nitrogens is 4. The van der Waals surface area contributed by atoms with E-state index in [9.17, 15) is 0 Å². The van der Waals surface area contributed by atoms with Crippen molar-refractivity contribution in [3.05, 3.63) is 24.9 Å². The Hall–Kier alpha value is -2.11. The van der Waals surface area contributed by atoms with Crippen LogP contribution in [-0.2, 0) is 6.54 Å². The van der Waals surface area contributed by atoms with Gasteiger partial charge in [-0.2, -0.15) is 10.1 Å². The number of rotatable bonds is 4. The van der Waals surface area contributed by atoms with Gasteiger partial charge in [0.2, 0.25) is 5.88 Å². The molecule has 0 aromatic carbocycles. The van der Waals surface area contributed by atoms with E-state index >= 15 is 0 Å². The van der Waals surface area contributed by atoms with E-state index in [0.717, 1.165) is 13.0 Å². The van der Waals surface area contributed by atoms with Crippen LogP contribution >= 0.6 is 0 Å². The average Bonchev–Trinajstić information content (AvgIpc) is 2.70. The van der Waals surface area contributed by atoms with E-state index in [4.69, 9.17) is 10.5 Å². The molecule has 0 bridgehead atoms. The molecule has 0 aliphatic carbocycles. The van der Waals surface area contributed by atoms with Crippen LogP contribution in [0.15, 0.2) is 24.9 Å². The van der Waals surface area contributed by atoms with E-state index in [-0.39, 0.29) is 0 Å². The predicted molar refractivity (Wildman–Crippen MR) is 59.0 cm³/mol. The minimum atomic E-state index is 0.353. The molecule has 2 rings (SSSR count). The Balaban J connectivity index is 2.11. The SMILES string of the molecule is CCCn1cc(Oc2ncncc2N)cn1. The van der Waals surface area contributed by atoms with Gasteiger partial charge >= 0.3 is 0 Å². The van der Waals surface area contributed by atoms with E-state index in [0.29, 0.717) is 17.3 Å². The molecule has 0 atom stereocenters. The third kappa shape index (κ3) is 2.28. The lowest BCUT2D eigenvalue weighted by Gasteiger charge is -2.02. The van der Waals surface area contributed by atoms with Crippen LogP contribution in [0, 0.1) is 0 Å². The minimum absolute atomic E-state index is 0.353. The molecule has 0 radical (unpaired) electrons. The summed E-state index contributed by atoms with van der Waals surface area (Å²) in [7, 11) is 0. The fraction of sp³-hybridized carbons (Fsp3) is 0.300. The molecule has 0 saturated carbocycles. The molecule has 0 aliphatic rings. The van der Waals surface area contributed by atoms with Crippen molar-refractivity contribution < 1.29 is 4.74 Å². The number of aryl methyl sites for hydroxylation is 1. The van der Waals surface area contributed by atoms with Gasteiger partial charge in [-0.15, -0.1) is 0 Å². The highest BCUT2D eigenvalue weighted by Gasteiger charge is 2.05. The van der Waals surface area contributed by atoms with Crippen molar-refractivity contribution in [3.63, 3.8) is 0 Å². The van der Waals surface area contributed by atoms with Gasteiger partial charge in [-0.25, -0.2) is 4.98 Å². The van der Waals surface area contributed by atoms with E-state index in [1.807, 2.05) is 10.9 Å². The van der Waals surface area contributed by atoms with Gasteiger partial charge in [0.05, 0.1) is 18.6 Å². The summed E-state index contributed by atoms with van der Waals surface area (Å²) in [6, 6.07) is 0. The van der Waals surface area contributed by atoms with Crippen LogP contribution in [-0.4, -0.2) is 19.7 Å². The largest absolute Gasteiger partial charge is 0.434 e. The van der Waals surface area contributed by atoms with Crippen molar-refractivity contribution in [2.75, 3.05) is 5.73 Å². The second kappa shape index (κ2) is 4.61. The Kier molecular flexibility index (Phi) is 3.00. The molecule has 0 fully saturated rings. The Labute approximate surface area is 93.1 Å². The standard InChI is InChI=1S/C10H13N5O/c1-2-3-15-6-8(4-14-15)16-10-9(11)5-12-7-13-10/h4-7H,2-3,11H2,1H3. The first-order valence-electron chi connectivity index (χ1n) is 5.05. The van der Waals surface area contributed by atoms with Crippen molar-refractivity contribution in [1.29, 1.82) is 0 Å². The van der Waals surface area contributed by atoms with Gasteiger partial charge in [-0.05, 0) is 6.42 Å². The van der Waals surface area contributed by atoms with Gasteiger partial charge in [0.15, 0.2) is 5.75 Å². The molecule has 2 N–H and O–H groups in total. The Bertz CT molecular complexity index is 468. The average molecular weight is 219 g/mol. The van der Waals surface area contributed by atoms with Crippen LogP contribution in [0.25, 0.3) is 0 Å². The second-order valence-electron chi connectivity index (χ2n) is 3.32. The summed E-state index contributed by atoms with van der Waals surface area (Å²) in [5.74, 6) is 0.977. The molecule has 0 unspecified atom stereocenters. The van der Waals surface area contributed by atoms with E-state index in [1.54, 1.807) is 6.20 Å². The molecule has 2 aromatic heterocycles. The van der Waals surface area contributed by atoms with Crippen molar-refractivity contribution >= 4 is 5.69 Å². The first kappa shape index (κ1) is 10.4. The fourth-order valence-electron chi connectivity index (χ4n) is 1.27. The Morgan fingerprint density at radius 2 is 2.31 bits per heavy atom. The first-order valence-corrected chi connectivity index (χ1v) is 5.05. The smallest absolute Gasteiger partial charge is 0.245 e. The van der Waals surface area contributed by atoms with Crippen molar-refractivity contribution in [3.8, 4) is 11.6 Å². The first-order chi connectivity index (χ1) is 7.79. The van der Waals surface area contributed by atoms with Gasteiger partial charge in [-0.3, -0.25) is 4.68 Å². The minimum Gasteiger partial charge on any atom is -0.434 e. The lowest BCUT2D eigenvalue weighted by atomic mass is 10.5. The zero-order valence-electron chi connectivity index (χ0n) is 9.00. The summed E-state index contributed by atoms with van der Waals surface area (Å²) in [5.41, 5.74) is 6.06. The van der Waals surface area contributed by atoms with E-state index < -0.39 is 0 Å². The molecule has 2 heterocycles. The quantitative estimate of drug-likeness (QED) is 0.842. The van der Waals surface area contributed by atoms with E-state index in [1.165, 1.54) is 12.5 Å². The van der Waals surface area contributed by atoms with Crippen LogP contribution < -0.4 is 10.5 Å². The summed E-state index contributed by atoms with van der Waals surface area (Å²) in [6.45, 7) is 2.95. The van der Waals surface area contributed by atoms with Crippen molar-refractivity contribution in [2.45, 2.75) is 19.9 Å². The number of anilines is 1. The van der Waals surface area contributed by atoms with Crippen LogP contribution in [0.2, 0.25) is 0 Å². The molecular weight excluding hydrogens is 206 g/mol. The lowest BCUT2D eigenvalue weighted by Crippen LogP contribution is -1.96. The van der Waals surface area contributed by atoms with Gasteiger partial charge in [-0.1, -0.05) is 6.92 Å². The normalized spacial score (nSPS) is 10.3. The molecule has 84 valence electrons. The molecule has 0 saturated heterocycles. The van der Waals surface area contributed by atoms with Gasteiger partial charge in [0.1, 0.15) is 12.0 Å². The van der Waals surface area contributed by atoms with Crippen molar-refractivity contribution in [1.82, 2.24) is 19.7 Å². The summed E-state index contributed by atoms with van der Waals surface area (Å²) in [5, 5.41) is 4.14. The molecule has 0 spiro atoms. The number of hydrogen-bond donors (Lipinski definition) is 1. The Morgan fingerprint density at radius 1 is 1.44 bits per heavy atom. The van der Waals surface area contributed by atoms with Crippen LogP contribution in [0.1, 0.15) is 13.3 Å². The number of nitrogens with zero attached hydrogens (tertiary/aromatic N) is 4. The number of ether oxygens (including phenoxy) is 1. The van der Waals surface area contributed by atoms with Crippen molar-refractivity contribution in [2.24, 2.45) is 0 Å². The fourth-order valence-corrected chi connectivity index (χ4v) is 1.27. The molecule has 6 heteroatoms. The summed E-state index contributed by atoms with van der Waals surface area (Å²) < 4.78 is 7.29. The van der Waals surface area contributed by atoms with Crippen LogP contribution in [0.4, 0.5) is 5.69 Å². The highest BCUT2D eigenvalue weighted by Crippen LogP contribution is 2.22. The maximum absolute atomic E-state index is 5.66. The maximum Gasteiger partial charge on any atom is 0.245 e. The van der Waals surface area contributed by atoms with Crippen LogP contribution in [0.5, 0.6) is 11.6 Å². The molecule has 2 aromatic rings. The van der Waals surface area contributed by atoms with Gasteiger partial charge in [0, 0.05) is 6.54 Å². The zero-order valence-corrected chi connectivity index (χ0v) is 9.00. The second-order valence-corrected chi connectivity index (χ2v) is 3.32. The number of nitrogens with two attached hydrogens (primary N) is 1. The summed E-state index contributed by atoms with van der Waals surface area (Å²) in [6.07, 6.45) is 7.36. The third-order valence-electron chi connectivity index (χ3n) is 1.98. The molecule has 0 aliphatic heterocycles.